The molecule has 1 aliphatic rings. The van der Waals surface area contributed by atoms with E-state index in [9.17, 15) is 22.8 Å². The molecule has 4 rings (SSSR count). The zero-order valence-electron chi connectivity index (χ0n) is 18.1. The summed E-state index contributed by atoms with van der Waals surface area (Å²) in [5.41, 5.74) is 1.62. The summed E-state index contributed by atoms with van der Waals surface area (Å²) in [5.74, 6) is -0.0359. The molecule has 2 amide bonds. The van der Waals surface area contributed by atoms with Crippen molar-refractivity contribution in [3.05, 3.63) is 71.1 Å². The first-order valence-electron chi connectivity index (χ1n) is 10.4. The van der Waals surface area contributed by atoms with Crippen LogP contribution in [0.4, 0.5) is 18.9 Å². The van der Waals surface area contributed by atoms with Crippen LogP contribution in [0.2, 0.25) is 0 Å². The van der Waals surface area contributed by atoms with Crippen molar-refractivity contribution < 1.29 is 27.2 Å². The number of nitrogens with zero attached hydrogens (tertiary/aromatic N) is 2. The average Bonchev–Trinajstić information content (AvgIpc) is 3.30. The number of hydrogen-bond acceptors (Lipinski definition) is 4. The topological polar surface area (TPSA) is 75.4 Å². The van der Waals surface area contributed by atoms with E-state index in [-0.39, 0.29) is 31.3 Å². The van der Waals surface area contributed by atoms with Crippen molar-refractivity contribution >= 4 is 17.5 Å². The quantitative estimate of drug-likeness (QED) is 0.587. The van der Waals surface area contributed by atoms with Crippen molar-refractivity contribution in [1.82, 2.24) is 9.88 Å². The number of aromatic nitrogens is 1. The number of halogens is 3. The van der Waals surface area contributed by atoms with Gasteiger partial charge in [0, 0.05) is 30.8 Å². The molecule has 0 bridgehead atoms. The first-order chi connectivity index (χ1) is 15.6. The maximum atomic E-state index is 12.9. The van der Waals surface area contributed by atoms with Crippen LogP contribution in [-0.2, 0) is 22.3 Å². The van der Waals surface area contributed by atoms with Crippen molar-refractivity contribution in [1.29, 1.82) is 0 Å². The molecule has 0 spiro atoms. The standard InChI is InChI=1S/C24H22F3N3O3/c1-14-15(2)33-23(28-14)17-6-4-8-20(10-17)29-22(32)18-11-21(31)30(13-18)12-16-5-3-7-19(9-16)24(25,26)27/h3-10,18H,11-13H2,1-2H3,(H,29,32). The van der Waals surface area contributed by atoms with Gasteiger partial charge >= 0.3 is 6.18 Å². The summed E-state index contributed by atoms with van der Waals surface area (Å²) < 4.78 is 44.5. The van der Waals surface area contributed by atoms with Gasteiger partial charge in [0.2, 0.25) is 17.7 Å². The smallest absolute Gasteiger partial charge is 0.416 e. The van der Waals surface area contributed by atoms with Gasteiger partial charge in [-0.05, 0) is 49.7 Å². The number of carbonyl (C=O) groups is 2. The molecule has 9 heteroatoms. The van der Waals surface area contributed by atoms with Gasteiger partial charge in [0.25, 0.3) is 0 Å². The Bertz CT molecular complexity index is 1180. The van der Waals surface area contributed by atoms with E-state index in [1.54, 1.807) is 18.2 Å². The molecule has 0 radical (unpaired) electrons. The van der Waals surface area contributed by atoms with Crippen molar-refractivity contribution in [3.63, 3.8) is 0 Å². The lowest BCUT2D eigenvalue weighted by Gasteiger charge is -2.18. The Kier molecular flexibility index (Phi) is 5.97. The van der Waals surface area contributed by atoms with E-state index in [0.717, 1.165) is 17.8 Å². The maximum absolute atomic E-state index is 12.9. The van der Waals surface area contributed by atoms with E-state index in [1.807, 2.05) is 19.9 Å². The fourth-order valence-corrected chi connectivity index (χ4v) is 3.74. The summed E-state index contributed by atoms with van der Waals surface area (Å²) in [5, 5.41) is 2.81. The lowest BCUT2D eigenvalue weighted by atomic mass is 10.1. The summed E-state index contributed by atoms with van der Waals surface area (Å²) in [4.78, 5) is 30.9. The molecule has 33 heavy (non-hydrogen) atoms. The number of aryl methyl sites for hydroxylation is 2. The van der Waals surface area contributed by atoms with Crippen molar-refractivity contribution in [2.24, 2.45) is 5.92 Å². The zero-order chi connectivity index (χ0) is 23.8. The molecule has 0 aliphatic carbocycles. The molecule has 6 nitrogen and oxygen atoms in total. The van der Waals surface area contributed by atoms with Crippen LogP contribution in [0.25, 0.3) is 11.5 Å². The zero-order valence-corrected chi connectivity index (χ0v) is 18.1. The molecule has 2 aromatic carbocycles. The molecule has 172 valence electrons. The lowest BCUT2D eigenvalue weighted by Crippen LogP contribution is -2.28. The molecular weight excluding hydrogens is 435 g/mol. The summed E-state index contributed by atoms with van der Waals surface area (Å²) in [6.45, 7) is 3.82. The summed E-state index contributed by atoms with van der Waals surface area (Å²) >= 11 is 0. The largest absolute Gasteiger partial charge is 0.441 e. The highest BCUT2D eigenvalue weighted by Gasteiger charge is 2.35. The van der Waals surface area contributed by atoms with Crippen LogP contribution < -0.4 is 5.32 Å². The highest BCUT2D eigenvalue weighted by molar-refractivity contribution is 5.97. The number of benzene rings is 2. The number of rotatable bonds is 5. The van der Waals surface area contributed by atoms with Gasteiger partial charge in [0.1, 0.15) is 5.76 Å². The van der Waals surface area contributed by atoms with Crippen molar-refractivity contribution in [2.75, 3.05) is 11.9 Å². The number of carbonyl (C=O) groups excluding carboxylic acids is 2. The molecule has 0 saturated carbocycles. The second-order valence-corrected chi connectivity index (χ2v) is 8.10. The predicted molar refractivity (Wildman–Crippen MR) is 115 cm³/mol. The van der Waals surface area contributed by atoms with Crippen LogP contribution >= 0.6 is 0 Å². The molecule has 3 aromatic rings. The van der Waals surface area contributed by atoms with E-state index in [1.165, 1.54) is 17.0 Å². The van der Waals surface area contributed by atoms with Crippen LogP contribution in [0.5, 0.6) is 0 Å². The number of anilines is 1. The molecule has 1 fully saturated rings. The number of amides is 2. The minimum atomic E-state index is -4.45. The van der Waals surface area contributed by atoms with Crippen LogP contribution in [-0.4, -0.2) is 28.2 Å². The van der Waals surface area contributed by atoms with Gasteiger partial charge in [0.05, 0.1) is 17.2 Å². The van der Waals surface area contributed by atoms with Crippen molar-refractivity contribution in [2.45, 2.75) is 33.0 Å². The van der Waals surface area contributed by atoms with Crippen LogP contribution in [0.3, 0.4) is 0 Å². The van der Waals surface area contributed by atoms with Crippen LogP contribution in [0, 0.1) is 19.8 Å². The van der Waals surface area contributed by atoms with Gasteiger partial charge in [0.15, 0.2) is 0 Å². The Hall–Kier alpha value is -3.62. The number of nitrogens with one attached hydrogen (secondary N) is 1. The first kappa shape index (κ1) is 22.6. The third-order valence-electron chi connectivity index (χ3n) is 5.62. The minimum absolute atomic E-state index is 0.00259. The second-order valence-electron chi connectivity index (χ2n) is 8.10. The van der Waals surface area contributed by atoms with Gasteiger partial charge in [-0.3, -0.25) is 9.59 Å². The minimum Gasteiger partial charge on any atom is -0.441 e. The average molecular weight is 457 g/mol. The molecule has 1 unspecified atom stereocenters. The highest BCUT2D eigenvalue weighted by atomic mass is 19.4. The Morgan fingerprint density at radius 2 is 1.94 bits per heavy atom. The van der Waals surface area contributed by atoms with Gasteiger partial charge < -0.3 is 14.6 Å². The van der Waals surface area contributed by atoms with Gasteiger partial charge in [-0.2, -0.15) is 13.2 Å². The van der Waals surface area contributed by atoms with Crippen LogP contribution in [0.1, 0.15) is 29.0 Å². The van der Waals surface area contributed by atoms with E-state index < -0.39 is 17.7 Å². The van der Waals surface area contributed by atoms with Crippen LogP contribution in [0.15, 0.2) is 52.9 Å². The van der Waals surface area contributed by atoms with E-state index in [0.29, 0.717) is 28.5 Å². The lowest BCUT2D eigenvalue weighted by molar-refractivity contribution is -0.137. The Balaban J connectivity index is 1.41. The highest BCUT2D eigenvalue weighted by Crippen LogP contribution is 2.31. The number of oxazole rings is 1. The predicted octanol–water partition coefficient (Wildman–Crippen LogP) is 4.96. The molecule has 1 aromatic heterocycles. The first-order valence-corrected chi connectivity index (χ1v) is 10.4. The Labute approximate surface area is 188 Å². The molecular formula is C24H22F3N3O3. The van der Waals surface area contributed by atoms with Gasteiger partial charge in [-0.1, -0.05) is 18.2 Å². The summed E-state index contributed by atoms with van der Waals surface area (Å²) in [6, 6.07) is 11.9. The summed E-state index contributed by atoms with van der Waals surface area (Å²) in [6.07, 6.45) is -4.45. The maximum Gasteiger partial charge on any atom is 0.416 e. The molecule has 1 aliphatic heterocycles. The van der Waals surface area contributed by atoms with Gasteiger partial charge in [-0.25, -0.2) is 4.98 Å². The fourth-order valence-electron chi connectivity index (χ4n) is 3.74. The van der Waals surface area contributed by atoms with E-state index in [4.69, 9.17) is 4.42 Å². The SMILES string of the molecule is Cc1nc(-c2cccc(NC(=O)C3CC(=O)N(Cc4cccc(C(F)(F)F)c4)C3)c2)oc1C. The third kappa shape index (κ3) is 5.08. The fraction of sp³-hybridized carbons (Fsp3) is 0.292. The second kappa shape index (κ2) is 8.73. The third-order valence-corrected chi connectivity index (χ3v) is 5.62. The number of hydrogen-bond donors (Lipinski definition) is 1. The molecule has 1 saturated heterocycles. The number of alkyl halides is 3. The monoisotopic (exact) mass is 457 g/mol. The Morgan fingerprint density at radius 3 is 2.64 bits per heavy atom. The Morgan fingerprint density at radius 1 is 1.18 bits per heavy atom. The van der Waals surface area contributed by atoms with Crippen molar-refractivity contribution in [3.8, 4) is 11.5 Å². The van der Waals surface area contributed by atoms with Gasteiger partial charge in [-0.15, -0.1) is 0 Å². The summed E-state index contributed by atoms with van der Waals surface area (Å²) in [7, 11) is 0. The molecule has 1 N–H and O–H groups in total. The molecule has 1 atom stereocenters. The molecule has 2 heterocycles. The van der Waals surface area contributed by atoms with E-state index >= 15 is 0 Å². The normalized spacial score (nSPS) is 16.3. The number of likely N-dealkylation sites (tertiary alicyclic amines) is 1. The van der Waals surface area contributed by atoms with E-state index in [2.05, 4.69) is 10.3 Å².